The Hall–Kier alpha value is -1.19. The molecule has 2 rings (SSSR count). The summed E-state index contributed by atoms with van der Waals surface area (Å²) in [7, 11) is 0. The van der Waals surface area contributed by atoms with E-state index in [-0.39, 0.29) is 0 Å². The molecular weight excluding hydrogens is 252 g/mol. The summed E-state index contributed by atoms with van der Waals surface area (Å²) in [6.45, 7) is 5.37. The van der Waals surface area contributed by atoms with E-state index in [1.165, 1.54) is 16.1 Å². The smallest absolute Gasteiger partial charge is 0.0575 e. The highest BCUT2D eigenvalue weighted by Gasteiger charge is 2.12. The highest BCUT2D eigenvalue weighted by molar-refractivity contribution is 7.09. The SMILES string of the molecule is CCCNC(CCc1cccs1)c1cc(C)ccn1. The molecule has 1 atom stereocenters. The van der Waals surface area contributed by atoms with E-state index in [9.17, 15) is 0 Å². The van der Waals surface area contributed by atoms with Gasteiger partial charge in [0.25, 0.3) is 0 Å². The number of hydrogen-bond acceptors (Lipinski definition) is 3. The molecule has 2 aromatic heterocycles. The first-order valence-electron chi connectivity index (χ1n) is 6.98. The van der Waals surface area contributed by atoms with Gasteiger partial charge < -0.3 is 5.32 Å². The van der Waals surface area contributed by atoms with Gasteiger partial charge in [-0.1, -0.05) is 13.0 Å². The second kappa shape index (κ2) is 7.41. The molecule has 1 N–H and O–H groups in total. The van der Waals surface area contributed by atoms with Gasteiger partial charge in [-0.05, 0) is 61.9 Å². The molecule has 102 valence electrons. The molecule has 3 heteroatoms. The van der Waals surface area contributed by atoms with Crippen LogP contribution < -0.4 is 5.32 Å². The number of hydrogen-bond donors (Lipinski definition) is 1. The summed E-state index contributed by atoms with van der Waals surface area (Å²) < 4.78 is 0. The van der Waals surface area contributed by atoms with Crippen molar-refractivity contribution in [1.82, 2.24) is 10.3 Å². The average Bonchev–Trinajstić information content (AvgIpc) is 2.92. The lowest BCUT2D eigenvalue weighted by atomic mass is 10.0. The molecular formula is C16H22N2S. The molecule has 0 aliphatic rings. The van der Waals surface area contributed by atoms with Crippen molar-refractivity contribution in [3.63, 3.8) is 0 Å². The summed E-state index contributed by atoms with van der Waals surface area (Å²) in [4.78, 5) is 5.99. The topological polar surface area (TPSA) is 24.9 Å². The Morgan fingerprint density at radius 1 is 1.37 bits per heavy atom. The van der Waals surface area contributed by atoms with E-state index in [1.807, 2.05) is 17.5 Å². The molecule has 0 radical (unpaired) electrons. The number of pyridine rings is 1. The van der Waals surface area contributed by atoms with Gasteiger partial charge in [-0.25, -0.2) is 0 Å². The highest BCUT2D eigenvalue weighted by Crippen LogP contribution is 2.20. The molecule has 0 bridgehead atoms. The predicted molar refractivity (Wildman–Crippen MR) is 82.6 cm³/mol. The van der Waals surface area contributed by atoms with E-state index in [2.05, 4.69) is 53.8 Å². The molecule has 0 saturated heterocycles. The monoisotopic (exact) mass is 274 g/mol. The first kappa shape index (κ1) is 14.2. The van der Waals surface area contributed by atoms with Crippen LogP contribution in [-0.4, -0.2) is 11.5 Å². The molecule has 2 aromatic rings. The number of aryl methyl sites for hydroxylation is 2. The van der Waals surface area contributed by atoms with Gasteiger partial charge in [0.05, 0.1) is 5.69 Å². The fourth-order valence-corrected chi connectivity index (χ4v) is 2.89. The highest BCUT2D eigenvalue weighted by atomic mass is 32.1. The molecule has 1 unspecified atom stereocenters. The summed E-state index contributed by atoms with van der Waals surface area (Å²) in [6.07, 6.45) is 5.30. The van der Waals surface area contributed by atoms with Crippen molar-refractivity contribution in [3.05, 3.63) is 52.0 Å². The minimum Gasteiger partial charge on any atom is -0.309 e. The predicted octanol–water partition coefficient (Wildman–Crippen LogP) is 4.13. The second-order valence-corrected chi connectivity index (χ2v) is 5.92. The fourth-order valence-electron chi connectivity index (χ4n) is 2.16. The number of nitrogens with one attached hydrogen (secondary N) is 1. The number of rotatable bonds is 7. The summed E-state index contributed by atoms with van der Waals surface area (Å²) in [6, 6.07) is 8.95. The molecule has 0 amide bonds. The summed E-state index contributed by atoms with van der Waals surface area (Å²) in [5.74, 6) is 0. The molecule has 0 fully saturated rings. The maximum Gasteiger partial charge on any atom is 0.0575 e. The van der Waals surface area contributed by atoms with E-state index in [1.54, 1.807) is 0 Å². The van der Waals surface area contributed by atoms with Crippen LogP contribution in [0, 0.1) is 6.92 Å². The lowest BCUT2D eigenvalue weighted by molar-refractivity contribution is 0.490. The third kappa shape index (κ3) is 4.44. The van der Waals surface area contributed by atoms with Crippen molar-refractivity contribution in [2.45, 2.75) is 39.2 Å². The van der Waals surface area contributed by atoms with Crippen molar-refractivity contribution in [2.75, 3.05) is 6.54 Å². The quantitative estimate of drug-likeness (QED) is 0.821. The van der Waals surface area contributed by atoms with Crippen molar-refractivity contribution in [2.24, 2.45) is 0 Å². The molecule has 0 aromatic carbocycles. The standard InChI is InChI=1S/C16H22N2S/c1-3-9-17-15(7-6-14-5-4-11-19-14)16-12-13(2)8-10-18-16/h4-5,8,10-12,15,17H,3,6-7,9H2,1-2H3. The number of nitrogens with zero attached hydrogens (tertiary/aromatic N) is 1. The van der Waals surface area contributed by atoms with E-state index in [0.717, 1.165) is 25.8 Å². The van der Waals surface area contributed by atoms with Crippen LogP contribution in [0.5, 0.6) is 0 Å². The normalized spacial score (nSPS) is 12.5. The Kier molecular flexibility index (Phi) is 5.55. The van der Waals surface area contributed by atoms with Crippen LogP contribution in [0.15, 0.2) is 35.8 Å². The minimum absolute atomic E-state index is 0.363. The van der Waals surface area contributed by atoms with Crippen LogP contribution in [0.2, 0.25) is 0 Å². The Morgan fingerprint density at radius 2 is 2.26 bits per heavy atom. The molecule has 0 aliphatic carbocycles. The van der Waals surface area contributed by atoms with E-state index in [0.29, 0.717) is 6.04 Å². The Labute approximate surface area is 119 Å². The van der Waals surface area contributed by atoms with Gasteiger partial charge in [0.15, 0.2) is 0 Å². The molecule has 19 heavy (non-hydrogen) atoms. The molecule has 2 nitrogen and oxygen atoms in total. The van der Waals surface area contributed by atoms with Gasteiger partial charge in [0.2, 0.25) is 0 Å². The van der Waals surface area contributed by atoms with Crippen LogP contribution in [0.4, 0.5) is 0 Å². The molecule has 0 aliphatic heterocycles. The Bertz CT molecular complexity index is 479. The largest absolute Gasteiger partial charge is 0.309 e. The molecule has 0 spiro atoms. The van der Waals surface area contributed by atoms with Crippen LogP contribution in [0.1, 0.15) is 41.9 Å². The first-order valence-corrected chi connectivity index (χ1v) is 7.86. The van der Waals surface area contributed by atoms with Crippen molar-refractivity contribution >= 4 is 11.3 Å². The zero-order chi connectivity index (χ0) is 13.5. The lowest BCUT2D eigenvalue weighted by Gasteiger charge is -2.18. The van der Waals surface area contributed by atoms with Crippen LogP contribution in [0.25, 0.3) is 0 Å². The van der Waals surface area contributed by atoms with Crippen LogP contribution >= 0.6 is 11.3 Å². The Morgan fingerprint density at radius 3 is 2.95 bits per heavy atom. The summed E-state index contributed by atoms with van der Waals surface area (Å²) in [5.41, 5.74) is 2.45. The number of aromatic nitrogens is 1. The van der Waals surface area contributed by atoms with Gasteiger partial charge in [0.1, 0.15) is 0 Å². The fraction of sp³-hybridized carbons (Fsp3) is 0.438. The molecule has 0 saturated carbocycles. The van der Waals surface area contributed by atoms with Crippen molar-refractivity contribution < 1.29 is 0 Å². The average molecular weight is 274 g/mol. The zero-order valence-corrected chi connectivity index (χ0v) is 12.5. The third-order valence-corrected chi connectivity index (χ3v) is 4.13. The second-order valence-electron chi connectivity index (χ2n) is 4.88. The van der Waals surface area contributed by atoms with Gasteiger partial charge in [0, 0.05) is 17.1 Å². The van der Waals surface area contributed by atoms with E-state index in [4.69, 9.17) is 0 Å². The van der Waals surface area contributed by atoms with Gasteiger partial charge in [-0.3, -0.25) is 4.98 Å². The maximum atomic E-state index is 4.53. The summed E-state index contributed by atoms with van der Waals surface area (Å²) >= 11 is 1.84. The van der Waals surface area contributed by atoms with Crippen molar-refractivity contribution in [3.8, 4) is 0 Å². The minimum atomic E-state index is 0.363. The summed E-state index contributed by atoms with van der Waals surface area (Å²) in [5, 5.41) is 5.77. The van der Waals surface area contributed by atoms with Gasteiger partial charge >= 0.3 is 0 Å². The van der Waals surface area contributed by atoms with Crippen LogP contribution in [-0.2, 0) is 6.42 Å². The van der Waals surface area contributed by atoms with E-state index < -0.39 is 0 Å². The first-order chi connectivity index (χ1) is 9.29. The zero-order valence-electron chi connectivity index (χ0n) is 11.7. The lowest BCUT2D eigenvalue weighted by Crippen LogP contribution is -2.23. The molecule has 2 heterocycles. The van der Waals surface area contributed by atoms with Gasteiger partial charge in [-0.2, -0.15) is 0 Å². The van der Waals surface area contributed by atoms with Crippen LogP contribution in [0.3, 0.4) is 0 Å². The Balaban J connectivity index is 2.02. The maximum absolute atomic E-state index is 4.53. The third-order valence-electron chi connectivity index (χ3n) is 3.19. The number of thiophene rings is 1. The van der Waals surface area contributed by atoms with Crippen molar-refractivity contribution in [1.29, 1.82) is 0 Å². The van der Waals surface area contributed by atoms with Gasteiger partial charge in [-0.15, -0.1) is 11.3 Å². The van der Waals surface area contributed by atoms with E-state index >= 15 is 0 Å².